The van der Waals surface area contributed by atoms with Gasteiger partial charge in [-0.25, -0.2) is 13.9 Å². The van der Waals surface area contributed by atoms with Crippen molar-refractivity contribution in [2.75, 3.05) is 11.6 Å². The highest BCUT2D eigenvalue weighted by molar-refractivity contribution is 7.99. The lowest BCUT2D eigenvalue weighted by molar-refractivity contribution is -0.117. The molecule has 11 heteroatoms. The minimum absolute atomic E-state index is 0.0329. The van der Waals surface area contributed by atoms with Gasteiger partial charge in [0, 0.05) is 6.04 Å². The Morgan fingerprint density at radius 3 is 2.75 bits per heavy atom. The predicted octanol–water partition coefficient (Wildman–Crippen LogP) is 2.45. The molecule has 2 fully saturated rings. The van der Waals surface area contributed by atoms with Crippen LogP contribution < -0.4 is 21.2 Å². The van der Waals surface area contributed by atoms with Gasteiger partial charge in [0.05, 0.1) is 5.75 Å². The van der Waals surface area contributed by atoms with Crippen molar-refractivity contribution < 1.29 is 18.7 Å². The van der Waals surface area contributed by atoms with Crippen molar-refractivity contribution in [2.45, 2.75) is 50.4 Å². The quantitative estimate of drug-likeness (QED) is 0.407. The first-order valence-corrected chi connectivity index (χ1v) is 11.7. The molecule has 4 rings (SSSR count). The molecule has 2 bridgehead atoms. The molecule has 0 saturated heterocycles. The third kappa shape index (κ3) is 5.32. The fraction of sp³-hybridized carbons (Fsp3) is 0.524. The highest BCUT2D eigenvalue weighted by Crippen LogP contribution is 2.49. The maximum Gasteiger partial charge on any atom is 0.321 e. The molecule has 172 valence electrons. The number of halogens is 1. The number of fused-ring (bicyclic) bond motifs is 2. The van der Waals surface area contributed by atoms with Gasteiger partial charge in [0.15, 0.2) is 5.82 Å². The smallest absolute Gasteiger partial charge is 0.321 e. The third-order valence-corrected chi connectivity index (χ3v) is 7.24. The SMILES string of the molecule is CC(NC(=O)NC(=O)CSc1nnc(COc2ccc(F)cc2)n1N)C1CC2CCC1C2. The van der Waals surface area contributed by atoms with Crippen molar-refractivity contribution in [1.82, 2.24) is 25.5 Å². The molecule has 4 unspecified atom stereocenters. The Labute approximate surface area is 189 Å². The number of nitrogen functional groups attached to an aromatic ring is 1. The van der Waals surface area contributed by atoms with Crippen molar-refractivity contribution in [2.24, 2.45) is 17.8 Å². The molecule has 2 saturated carbocycles. The van der Waals surface area contributed by atoms with Crippen molar-refractivity contribution in [1.29, 1.82) is 0 Å². The third-order valence-electron chi connectivity index (χ3n) is 6.30. The number of carbonyl (C=O) groups excluding carboxylic acids is 2. The molecule has 1 aromatic heterocycles. The zero-order valence-corrected chi connectivity index (χ0v) is 18.6. The average molecular weight is 463 g/mol. The van der Waals surface area contributed by atoms with E-state index < -0.39 is 11.9 Å². The molecule has 4 N–H and O–H groups in total. The van der Waals surface area contributed by atoms with Crippen LogP contribution in [-0.4, -0.2) is 38.6 Å². The Bertz CT molecular complexity index is 969. The Hall–Kier alpha value is -2.82. The second-order valence-corrected chi connectivity index (χ2v) is 9.39. The number of nitrogens with zero attached hydrogens (tertiary/aromatic N) is 3. The van der Waals surface area contributed by atoms with E-state index in [4.69, 9.17) is 10.6 Å². The van der Waals surface area contributed by atoms with E-state index in [0.717, 1.165) is 24.1 Å². The molecule has 2 aromatic rings. The van der Waals surface area contributed by atoms with Gasteiger partial charge in [-0.1, -0.05) is 18.2 Å². The normalized spacial score (nSPS) is 22.5. The minimum Gasteiger partial charge on any atom is -0.486 e. The van der Waals surface area contributed by atoms with Crippen LogP contribution in [0.15, 0.2) is 29.4 Å². The predicted molar refractivity (Wildman–Crippen MR) is 117 cm³/mol. The maximum absolute atomic E-state index is 12.9. The number of nitrogens with one attached hydrogen (secondary N) is 2. The number of carbonyl (C=O) groups is 2. The van der Waals surface area contributed by atoms with Crippen LogP contribution in [0.4, 0.5) is 9.18 Å². The van der Waals surface area contributed by atoms with Crippen LogP contribution in [0.1, 0.15) is 38.4 Å². The summed E-state index contributed by atoms with van der Waals surface area (Å²) in [5.74, 6) is 7.92. The Balaban J connectivity index is 1.20. The van der Waals surface area contributed by atoms with Crippen LogP contribution in [0.5, 0.6) is 5.75 Å². The molecule has 1 aromatic carbocycles. The molecular formula is C21H27FN6O3S. The molecular weight excluding hydrogens is 435 g/mol. The van der Waals surface area contributed by atoms with Crippen LogP contribution >= 0.6 is 11.8 Å². The van der Waals surface area contributed by atoms with Gasteiger partial charge in [0.1, 0.15) is 18.2 Å². The first kappa shape index (κ1) is 22.4. The zero-order valence-electron chi connectivity index (χ0n) is 17.8. The summed E-state index contributed by atoms with van der Waals surface area (Å²) in [5.41, 5.74) is 0. The van der Waals surface area contributed by atoms with Crippen LogP contribution in [0.2, 0.25) is 0 Å². The summed E-state index contributed by atoms with van der Waals surface area (Å²) in [6.45, 7) is 2.04. The summed E-state index contributed by atoms with van der Waals surface area (Å²) in [5, 5.41) is 13.5. The molecule has 3 amide bonds. The van der Waals surface area contributed by atoms with Gasteiger partial charge in [0.25, 0.3) is 0 Å². The molecule has 2 aliphatic rings. The van der Waals surface area contributed by atoms with E-state index in [-0.39, 0.29) is 24.2 Å². The summed E-state index contributed by atoms with van der Waals surface area (Å²) < 4.78 is 19.7. The number of ether oxygens (including phenoxy) is 1. The molecule has 0 radical (unpaired) electrons. The number of hydrogen-bond acceptors (Lipinski definition) is 7. The molecule has 4 atom stereocenters. The van der Waals surface area contributed by atoms with Gasteiger partial charge in [-0.15, -0.1) is 10.2 Å². The fourth-order valence-electron chi connectivity index (χ4n) is 4.73. The van der Waals surface area contributed by atoms with Crippen molar-refractivity contribution in [3.8, 4) is 5.75 Å². The summed E-state index contributed by atoms with van der Waals surface area (Å²) in [7, 11) is 0. The number of nitrogens with two attached hydrogens (primary N) is 1. The Morgan fingerprint density at radius 1 is 1.28 bits per heavy atom. The van der Waals surface area contributed by atoms with E-state index in [0.29, 0.717) is 28.6 Å². The van der Waals surface area contributed by atoms with E-state index in [9.17, 15) is 14.0 Å². The number of rotatable bonds is 8. The van der Waals surface area contributed by atoms with E-state index in [2.05, 4.69) is 20.8 Å². The molecule has 9 nitrogen and oxygen atoms in total. The summed E-state index contributed by atoms with van der Waals surface area (Å²) >= 11 is 1.06. The fourth-order valence-corrected chi connectivity index (χ4v) is 5.41. The van der Waals surface area contributed by atoms with E-state index in [1.54, 1.807) is 0 Å². The number of thioether (sulfide) groups is 1. The van der Waals surface area contributed by atoms with E-state index in [1.165, 1.54) is 48.2 Å². The topological polar surface area (TPSA) is 124 Å². The standard InChI is InChI=1S/C21H27FN6O3S/c1-12(17-9-13-2-3-14(17)8-13)24-20(30)25-19(29)11-32-21-27-26-18(28(21)23)10-31-16-6-4-15(22)5-7-16/h4-7,12-14,17H,2-3,8-11,23H2,1H3,(H2,24,25,29,30). The molecule has 1 heterocycles. The minimum atomic E-state index is -0.478. The van der Waals surface area contributed by atoms with Crippen molar-refractivity contribution in [3.05, 3.63) is 35.9 Å². The number of imide groups is 1. The van der Waals surface area contributed by atoms with Gasteiger partial charge >= 0.3 is 6.03 Å². The van der Waals surface area contributed by atoms with Gasteiger partial charge in [-0.2, -0.15) is 0 Å². The van der Waals surface area contributed by atoms with Gasteiger partial charge in [-0.3, -0.25) is 10.1 Å². The lowest BCUT2D eigenvalue weighted by Crippen LogP contribution is -2.47. The summed E-state index contributed by atoms with van der Waals surface area (Å²) in [6, 6.07) is 5.13. The van der Waals surface area contributed by atoms with Crippen LogP contribution in [0.3, 0.4) is 0 Å². The van der Waals surface area contributed by atoms with Gasteiger partial charge in [0.2, 0.25) is 11.1 Å². The second kappa shape index (κ2) is 9.76. The second-order valence-electron chi connectivity index (χ2n) is 8.45. The molecule has 32 heavy (non-hydrogen) atoms. The lowest BCUT2D eigenvalue weighted by atomic mass is 9.84. The highest BCUT2D eigenvalue weighted by Gasteiger charge is 2.42. The molecule has 2 aliphatic carbocycles. The van der Waals surface area contributed by atoms with Crippen molar-refractivity contribution >= 4 is 23.7 Å². The van der Waals surface area contributed by atoms with Gasteiger partial charge in [-0.05, 0) is 68.2 Å². The van der Waals surface area contributed by atoms with Crippen LogP contribution in [-0.2, 0) is 11.4 Å². The lowest BCUT2D eigenvalue weighted by Gasteiger charge is -2.28. The highest BCUT2D eigenvalue weighted by atomic mass is 32.2. The summed E-state index contributed by atoms with van der Waals surface area (Å²) in [4.78, 5) is 24.4. The molecule has 0 aliphatic heterocycles. The maximum atomic E-state index is 12.9. The average Bonchev–Trinajstić information content (AvgIpc) is 3.48. The van der Waals surface area contributed by atoms with E-state index in [1.807, 2.05) is 6.92 Å². The number of hydrogen-bond donors (Lipinski definition) is 3. The van der Waals surface area contributed by atoms with E-state index >= 15 is 0 Å². The Kier molecular flexibility index (Phi) is 6.83. The number of urea groups is 1. The Morgan fingerprint density at radius 2 is 2.06 bits per heavy atom. The number of aromatic nitrogens is 3. The van der Waals surface area contributed by atoms with Gasteiger partial charge < -0.3 is 15.9 Å². The number of amides is 3. The zero-order chi connectivity index (χ0) is 22.7. The summed E-state index contributed by atoms with van der Waals surface area (Å²) in [6.07, 6.45) is 4.98. The first-order chi connectivity index (χ1) is 15.4. The first-order valence-electron chi connectivity index (χ1n) is 10.7. The number of benzene rings is 1. The largest absolute Gasteiger partial charge is 0.486 e. The monoisotopic (exact) mass is 462 g/mol. The van der Waals surface area contributed by atoms with Crippen LogP contribution in [0.25, 0.3) is 0 Å². The van der Waals surface area contributed by atoms with Crippen molar-refractivity contribution in [3.63, 3.8) is 0 Å². The van der Waals surface area contributed by atoms with Crippen LogP contribution in [0, 0.1) is 23.6 Å². The molecule has 0 spiro atoms.